The van der Waals surface area contributed by atoms with Gasteiger partial charge < -0.3 is 5.32 Å². The van der Waals surface area contributed by atoms with Crippen molar-refractivity contribution in [2.75, 3.05) is 6.54 Å². The summed E-state index contributed by atoms with van der Waals surface area (Å²) in [6.45, 7) is 5.02. The van der Waals surface area contributed by atoms with Crippen molar-refractivity contribution in [3.8, 4) is 0 Å². The molecule has 0 heterocycles. The molecule has 2 heteroatoms. The van der Waals surface area contributed by atoms with E-state index in [1.54, 1.807) is 6.07 Å². The fourth-order valence-corrected chi connectivity index (χ4v) is 3.24. The highest BCUT2D eigenvalue weighted by Gasteiger charge is 2.20. The van der Waals surface area contributed by atoms with Crippen molar-refractivity contribution in [3.63, 3.8) is 0 Å². The van der Waals surface area contributed by atoms with Crippen molar-refractivity contribution >= 4 is 0 Å². The Morgan fingerprint density at radius 1 is 1.25 bits per heavy atom. The van der Waals surface area contributed by atoms with Gasteiger partial charge in [-0.15, -0.1) is 0 Å². The summed E-state index contributed by atoms with van der Waals surface area (Å²) in [7, 11) is 0. The standard InChI is InChI=1S/C18H28FN/c1-3-11-20-18(12-15-7-5-4-6-8-15)16-10-9-14(2)17(19)13-16/h9-10,13,15,18,20H,3-8,11-12H2,1-2H3. The van der Waals surface area contributed by atoms with E-state index in [-0.39, 0.29) is 5.82 Å². The van der Waals surface area contributed by atoms with Crippen LogP contribution in [0.3, 0.4) is 0 Å². The van der Waals surface area contributed by atoms with Gasteiger partial charge in [-0.3, -0.25) is 0 Å². The zero-order valence-corrected chi connectivity index (χ0v) is 12.9. The number of halogens is 1. The smallest absolute Gasteiger partial charge is 0.126 e. The summed E-state index contributed by atoms with van der Waals surface area (Å²) < 4.78 is 13.8. The maximum absolute atomic E-state index is 13.8. The lowest BCUT2D eigenvalue weighted by molar-refractivity contribution is 0.299. The summed E-state index contributed by atoms with van der Waals surface area (Å²) >= 11 is 0. The van der Waals surface area contributed by atoms with Gasteiger partial charge in [0.25, 0.3) is 0 Å². The quantitative estimate of drug-likeness (QED) is 0.758. The van der Waals surface area contributed by atoms with Crippen LogP contribution in [0.1, 0.15) is 69.0 Å². The normalized spacial score (nSPS) is 18.1. The van der Waals surface area contributed by atoms with E-state index >= 15 is 0 Å². The first-order valence-electron chi connectivity index (χ1n) is 8.20. The van der Waals surface area contributed by atoms with Crippen LogP contribution in [0, 0.1) is 18.7 Å². The Labute approximate surface area is 123 Å². The van der Waals surface area contributed by atoms with Gasteiger partial charge in [-0.1, -0.05) is 51.2 Å². The molecule has 1 atom stereocenters. The topological polar surface area (TPSA) is 12.0 Å². The third-order valence-corrected chi connectivity index (χ3v) is 4.53. The van der Waals surface area contributed by atoms with E-state index in [4.69, 9.17) is 0 Å². The maximum Gasteiger partial charge on any atom is 0.126 e. The maximum atomic E-state index is 13.8. The van der Waals surface area contributed by atoms with Crippen LogP contribution in [0.15, 0.2) is 18.2 Å². The molecule has 1 saturated carbocycles. The predicted octanol–water partition coefficient (Wildman–Crippen LogP) is 5.15. The van der Waals surface area contributed by atoms with Gasteiger partial charge in [-0.25, -0.2) is 4.39 Å². The zero-order chi connectivity index (χ0) is 14.4. The van der Waals surface area contributed by atoms with Crippen molar-refractivity contribution in [1.82, 2.24) is 5.32 Å². The Morgan fingerprint density at radius 2 is 2.00 bits per heavy atom. The molecule has 1 fully saturated rings. The first-order chi connectivity index (χ1) is 9.70. The van der Waals surface area contributed by atoms with Crippen LogP contribution in [-0.4, -0.2) is 6.54 Å². The fraction of sp³-hybridized carbons (Fsp3) is 0.667. The van der Waals surface area contributed by atoms with Crippen molar-refractivity contribution in [2.45, 2.75) is 64.8 Å². The molecule has 0 saturated heterocycles. The molecule has 1 nitrogen and oxygen atoms in total. The molecule has 1 N–H and O–H groups in total. The molecular weight excluding hydrogens is 249 g/mol. The van der Waals surface area contributed by atoms with Crippen LogP contribution in [0.5, 0.6) is 0 Å². The van der Waals surface area contributed by atoms with E-state index in [1.807, 2.05) is 13.0 Å². The van der Waals surface area contributed by atoms with E-state index in [0.717, 1.165) is 36.4 Å². The van der Waals surface area contributed by atoms with Crippen LogP contribution in [0.25, 0.3) is 0 Å². The minimum Gasteiger partial charge on any atom is -0.310 e. The molecule has 0 radical (unpaired) electrons. The first-order valence-corrected chi connectivity index (χ1v) is 8.20. The average molecular weight is 277 g/mol. The highest BCUT2D eigenvalue weighted by molar-refractivity contribution is 5.26. The first kappa shape index (κ1) is 15.5. The zero-order valence-electron chi connectivity index (χ0n) is 12.9. The average Bonchev–Trinajstić information content (AvgIpc) is 2.47. The molecule has 0 spiro atoms. The Kier molecular flexibility index (Phi) is 6.03. The SMILES string of the molecule is CCCNC(CC1CCCCC1)c1ccc(C)c(F)c1. The predicted molar refractivity (Wildman–Crippen MR) is 83.4 cm³/mol. The Balaban J connectivity index is 2.06. The second-order valence-electron chi connectivity index (χ2n) is 6.26. The molecule has 1 aliphatic rings. The van der Waals surface area contributed by atoms with Gasteiger partial charge in [0, 0.05) is 6.04 Å². The Hall–Kier alpha value is -0.890. The minimum atomic E-state index is -0.0746. The number of rotatable bonds is 6. The van der Waals surface area contributed by atoms with Crippen molar-refractivity contribution in [3.05, 3.63) is 35.1 Å². The number of benzene rings is 1. The molecule has 1 aliphatic carbocycles. The number of nitrogens with one attached hydrogen (secondary N) is 1. The molecule has 1 unspecified atom stereocenters. The molecule has 20 heavy (non-hydrogen) atoms. The largest absolute Gasteiger partial charge is 0.310 e. The summed E-state index contributed by atoms with van der Waals surface area (Å²) in [5.74, 6) is 0.733. The van der Waals surface area contributed by atoms with E-state index < -0.39 is 0 Å². The number of hydrogen-bond donors (Lipinski definition) is 1. The van der Waals surface area contributed by atoms with Gasteiger partial charge in [0.05, 0.1) is 0 Å². The van der Waals surface area contributed by atoms with Gasteiger partial charge in [-0.2, -0.15) is 0 Å². The van der Waals surface area contributed by atoms with Crippen LogP contribution >= 0.6 is 0 Å². The minimum absolute atomic E-state index is 0.0746. The van der Waals surface area contributed by atoms with Gasteiger partial charge in [0.2, 0.25) is 0 Å². The lowest BCUT2D eigenvalue weighted by atomic mass is 9.83. The Bertz CT molecular complexity index is 410. The van der Waals surface area contributed by atoms with Crippen LogP contribution in [0.2, 0.25) is 0 Å². The molecule has 0 bridgehead atoms. The van der Waals surface area contributed by atoms with E-state index in [2.05, 4.69) is 18.3 Å². The summed E-state index contributed by atoms with van der Waals surface area (Å²) in [6, 6.07) is 6.04. The van der Waals surface area contributed by atoms with Crippen LogP contribution < -0.4 is 5.32 Å². The summed E-state index contributed by atoms with van der Waals surface area (Å²) in [5, 5.41) is 3.61. The third-order valence-electron chi connectivity index (χ3n) is 4.53. The molecule has 0 amide bonds. The van der Waals surface area contributed by atoms with E-state index in [1.165, 1.54) is 32.1 Å². The van der Waals surface area contributed by atoms with Crippen LogP contribution in [-0.2, 0) is 0 Å². The van der Waals surface area contributed by atoms with E-state index in [9.17, 15) is 4.39 Å². The van der Waals surface area contributed by atoms with Gasteiger partial charge in [0.15, 0.2) is 0 Å². The van der Waals surface area contributed by atoms with Crippen molar-refractivity contribution in [1.29, 1.82) is 0 Å². The highest BCUT2D eigenvalue weighted by atomic mass is 19.1. The summed E-state index contributed by atoms with van der Waals surface area (Å²) in [5.41, 5.74) is 1.85. The van der Waals surface area contributed by atoms with Crippen molar-refractivity contribution in [2.24, 2.45) is 5.92 Å². The highest BCUT2D eigenvalue weighted by Crippen LogP contribution is 2.32. The van der Waals surface area contributed by atoms with Crippen molar-refractivity contribution < 1.29 is 4.39 Å². The summed E-state index contributed by atoms with van der Waals surface area (Å²) in [6.07, 6.45) is 9.10. The molecule has 2 rings (SSSR count). The summed E-state index contributed by atoms with van der Waals surface area (Å²) in [4.78, 5) is 0. The second-order valence-corrected chi connectivity index (χ2v) is 6.26. The molecule has 0 aromatic heterocycles. The second kappa shape index (κ2) is 7.78. The number of aryl methyl sites for hydroxylation is 1. The van der Waals surface area contributed by atoms with Crippen LogP contribution in [0.4, 0.5) is 4.39 Å². The lowest BCUT2D eigenvalue weighted by Crippen LogP contribution is -2.25. The Morgan fingerprint density at radius 3 is 2.65 bits per heavy atom. The van der Waals surface area contributed by atoms with Gasteiger partial charge in [0.1, 0.15) is 5.82 Å². The van der Waals surface area contributed by atoms with Gasteiger partial charge >= 0.3 is 0 Å². The molecule has 1 aromatic carbocycles. The number of hydrogen-bond acceptors (Lipinski definition) is 1. The molecule has 112 valence electrons. The van der Waals surface area contributed by atoms with Gasteiger partial charge in [-0.05, 0) is 49.4 Å². The fourth-order valence-electron chi connectivity index (χ4n) is 3.24. The monoisotopic (exact) mass is 277 g/mol. The molecule has 1 aromatic rings. The lowest BCUT2D eigenvalue weighted by Gasteiger charge is -2.27. The third kappa shape index (κ3) is 4.31. The molecule has 0 aliphatic heterocycles. The molecular formula is C18H28FN. The van der Waals surface area contributed by atoms with E-state index in [0.29, 0.717) is 6.04 Å².